The predicted molar refractivity (Wildman–Crippen MR) is 516 cm³/mol. The highest BCUT2D eigenvalue weighted by atomic mass is 14.3. The third-order valence-corrected chi connectivity index (χ3v) is 21.1. The van der Waals surface area contributed by atoms with Crippen molar-refractivity contribution in [2.75, 3.05) is 0 Å². The number of hydrogen-bond acceptors (Lipinski definition) is 0. The van der Waals surface area contributed by atoms with Crippen molar-refractivity contribution in [1.29, 1.82) is 0 Å². The lowest BCUT2D eigenvalue weighted by Gasteiger charge is -2.29. The second-order valence-electron chi connectivity index (χ2n) is 44.3. The molecule has 0 heteroatoms. The minimum absolute atomic E-state index is 0.237. The Hall–Kier alpha value is -6.24. The maximum Gasteiger partial charge on any atom is -0.0126 e. The van der Waals surface area contributed by atoms with Crippen LogP contribution in [0, 0.1) is 67.2 Å². The van der Waals surface area contributed by atoms with E-state index in [4.69, 9.17) is 0 Å². The molecule has 0 aliphatic rings. The molecule has 0 spiro atoms. The van der Waals surface area contributed by atoms with Gasteiger partial charge in [-0.15, -0.1) is 0 Å². The van der Waals surface area contributed by atoms with Gasteiger partial charge in [-0.25, -0.2) is 0 Å². The molecule has 8 rings (SSSR count). The van der Waals surface area contributed by atoms with Crippen LogP contribution in [-0.2, 0) is 74.4 Å². The molecule has 8 aromatic carbocycles. The summed E-state index contributed by atoms with van der Waals surface area (Å²) in [6, 6.07) is 53.4. The molecule has 0 atom stereocenters. The van der Waals surface area contributed by atoms with Crippen LogP contribution < -0.4 is 0 Å². The molecule has 0 bridgehead atoms. The summed E-state index contributed by atoms with van der Waals surface area (Å²) in [6.07, 6.45) is 4.67. The van der Waals surface area contributed by atoms with Gasteiger partial charge in [0.2, 0.25) is 0 Å². The monoisotopic (exact) mass is 1540 g/mol. The Bertz CT molecular complexity index is 3900. The van der Waals surface area contributed by atoms with Crippen LogP contribution in [0.5, 0.6) is 0 Å². The van der Waals surface area contributed by atoms with Crippen LogP contribution in [0.2, 0.25) is 0 Å². The van der Waals surface area contributed by atoms with Crippen molar-refractivity contribution in [3.63, 3.8) is 0 Å². The highest BCUT2D eigenvalue weighted by Crippen LogP contribution is 2.40. The fourth-order valence-electron chi connectivity index (χ4n) is 17.5. The summed E-state index contributed by atoms with van der Waals surface area (Å²) in [6.45, 7) is 107. The first-order chi connectivity index (χ1) is 51.2. The molecule has 113 heavy (non-hydrogen) atoms. The zero-order chi connectivity index (χ0) is 88.0. The van der Waals surface area contributed by atoms with Gasteiger partial charge in [0.1, 0.15) is 0 Å². The van der Waals surface area contributed by atoms with Gasteiger partial charge in [-0.2, -0.15) is 0 Å². The van der Waals surface area contributed by atoms with Crippen LogP contribution in [0.4, 0.5) is 0 Å². The standard InChI is InChI=1S/C18H30.C16H26.C15H24.C14H22.2C13H20.2C12H18/c1-13(2)11-15-9-8-10-16(12-14(3)4)17(15)18(5,6)7;1-11(2)13-9-8-10-14(12(3)4)15(13)16(5,6)7;1-7-12-9-11(3)10-13(8-2)14(12)15(4,5)6;1-13(2,3)11-9-7-8-10-12(11)14(4,5)6;1-9-7-10(2)12(11(3)8-9)13(4,5)6;1-10(2)11-8-6-7-9-12(11)13(3,4)5;2*1-9-7-6-8-10(2)11(9)12(3,4)5/h8-10,13-14H,11-12H2,1-7H3;8-12H,1-7H3;9-10H,7-8H2,1-6H3;7-10H,1-6H3;7-8H,1-6H3;6-10H,1-5H3;2*6-8H,1-5H3. The van der Waals surface area contributed by atoms with Gasteiger partial charge in [0.05, 0.1) is 0 Å². The Morgan fingerprint density at radius 1 is 0.212 bits per heavy atom. The van der Waals surface area contributed by atoms with E-state index in [1.54, 1.807) is 27.8 Å². The summed E-state index contributed by atoms with van der Waals surface area (Å²) in [5, 5.41) is 0. The maximum absolute atomic E-state index is 2.35. The van der Waals surface area contributed by atoms with Crippen molar-refractivity contribution < 1.29 is 0 Å². The fourth-order valence-corrected chi connectivity index (χ4v) is 17.5. The van der Waals surface area contributed by atoms with E-state index in [1.807, 2.05) is 0 Å². The molecule has 0 N–H and O–H groups in total. The Morgan fingerprint density at radius 2 is 0.442 bits per heavy atom. The van der Waals surface area contributed by atoms with Crippen LogP contribution >= 0.6 is 0 Å². The summed E-state index contributed by atoms with van der Waals surface area (Å²) < 4.78 is 0. The average Bonchev–Trinajstić information content (AvgIpc) is 0.802. The van der Waals surface area contributed by atoms with E-state index in [-0.39, 0.29) is 48.7 Å². The topological polar surface area (TPSA) is 0 Å². The lowest BCUT2D eigenvalue weighted by atomic mass is 9.75. The molecule has 8 aromatic rings. The zero-order valence-corrected chi connectivity index (χ0v) is 83.1. The number of hydrogen-bond donors (Lipinski definition) is 0. The molecular weight excluding hydrogens is 1360 g/mol. The van der Waals surface area contributed by atoms with Crippen molar-refractivity contribution in [1.82, 2.24) is 0 Å². The SMILES string of the molecule is CC(C)(C)c1ccccc1C(C)(C)C.CC(C)Cc1cccc(CC(C)C)c1C(C)(C)C.CC(C)c1cccc(C(C)C)c1C(C)(C)C.CC(C)c1ccccc1C(C)(C)C.CCc1cc(C)cc(CC)c1C(C)(C)C.Cc1cc(C)c(C(C)(C)C)c(C)c1.Cc1cccc(C)c1C(C)(C)C.Cc1cccc(C)c1C(C)(C)C. The van der Waals surface area contributed by atoms with E-state index in [9.17, 15) is 0 Å². The van der Waals surface area contributed by atoms with Gasteiger partial charge in [0, 0.05) is 0 Å². The van der Waals surface area contributed by atoms with Crippen molar-refractivity contribution in [3.05, 3.63) is 279 Å². The van der Waals surface area contributed by atoms with E-state index >= 15 is 0 Å². The molecule has 0 radical (unpaired) electrons. The minimum Gasteiger partial charge on any atom is -0.0625 e. The summed E-state index contributed by atoms with van der Waals surface area (Å²) >= 11 is 0. The van der Waals surface area contributed by atoms with E-state index in [2.05, 4.69) is 471 Å². The minimum atomic E-state index is 0.237. The fraction of sp³-hybridized carbons (Fsp3) is 0.575. The summed E-state index contributed by atoms with van der Waals surface area (Å²) in [5.41, 5.74) is 37.8. The quantitative estimate of drug-likeness (QED) is 0.135. The molecule has 0 heterocycles. The molecule has 0 unspecified atom stereocenters. The summed E-state index contributed by atoms with van der Waals surface area (Å²) in [7, 11) is 0. The highest BCUT2D eigenvalue weighted by molar-refractivity contribution is 5.47. The molecule has 0 aliphatic carbocycles. The molecule has 0 amide bonds. The van der Waals surface area contributed by atoms with Crippen LogP contribution in [0.1, 0.15) is 421 Å². The van der Waals surface area contributed by atoms with Crippen LogP contribution in [0.3, 0.4) is 0 Å². The van der Waals surface area contributed by atoms with Crippen LogP contribution in [-0.4, -0.2) is 0 Å². The van der Waals surface area contributed by atoms with E-state index in [1.165, 1.54) is 119 Å². The lowest BCUT2D eigenvalue weighted by Crippen LogP contribution is -2.21. The van der Waals surface area contributed by atoms with Gasteiger partial charge in [0.15, 0.2) is 0 Å². The average molecular weight is 1540 g/mol. The van der Waals surface area contributed by atoms with Crippen molar-refractivity contribution in [2.24, 2.45) is 11.8 Å². The van der Waals surface area contributed by atoms with Gasteiger partial charge in [0.25, 0.3) is 0 Å². The van der Waals surface area contributed by atoms with Gasteiger partial charge in [-0.1, -0.05) is 427 Å². The van der Waals surface area contributed by atoms with Crippen molar-refractivity contribution in [2.45, 2.75) is 418 Å². The molecule has 0 saturated carbocycles. The van der Waals surface area contributed by atoms with E-state index in [0.717, 1.165) is 24.7 Å². The van der Waals surface area contributed by atoms with Crippen molar-refractivity contribution in [3.8, 4) is 0 Å². The second-order valence-corrected chi connectivity index (χ2v) is 44.3. The van der Waals surface area contributed by atoms with Crippen LogP contribution in [0.15, 0.2) is 146 Å². The smallest absolute Gasteiger partial charge is 0.0126 e. The van der Waals surface area contributed by atoms with E-state index < -0.39 is 0 Å². The largest absolute Gasteiger partial charge is 0.0625 e. The van der Waals surface area contributed by atoms with Gasteiger partial charge in [-0.3, -0.25) is 0 Å². The zero-order valence-electron chi connectivity index (χ0n) is 83.1. The number of rotatable bonds is 9. The molecule has 0 aliphatic heterocycles. The molecular formula is C113H178. The summed E-state index contributed by atoms with van der Waals surface area (Å²) in [5.74, 6) is 3.28. The first-order valence-electron chi connectivity index (χ1n) is 44.0. The Labute approximate surface area is 704 Å². The maximum atomic E-state index is 2.35. The Kier molecular flexibility index (Phi) is 40.6. The molecule has 0 saturated heterocycles. The second kappa shape index (κ2) is 43.8. The first kappa shape index (κ1) is 105. The van der Waals surface area contributed by atoms with Gasteiger partial charge < -0.3 is 0 Å². The van der Waals surface area contributed by atoms with E-state index in [0.29, 0.717) is 17.8 Å². The molecule has 0 aromatic heterocycles. The van der Waals surface area contributed by atoms with Crippen molar-refractivity contribution >= 4 is 0 Å². The third kappa shape index (κ3) is 34.5. The van der Waals surface area contributed by atoms with Gasteiger partial charge >= 0.3 is 0 Å². The molecule has 0 nitrogen and oxygen atoms in total. The lowest BCUT2D eigenvalue weighted by molar-refractivity contribution is 0.530. The Morgan fingerprint density at radius 3 is 0.681 bits per heavy atom. The Balaban J connectivity index is 0.000000648. The van der Waals surface area contributed by atoms with Gasteiger partial charge in [-0.05, 0) is 282 Å². The van der Waals surface area contributed by atoms with Crippen LogP contribution in [0.25, 0.3) is 0 Å². The highest BCUT2D eigenvalue weighted by Gasteiger charge is 2.28. The number of aryl methyl sites for hydroxylation is 10. The first-order valence-corrected chi connectivity index (χ1v) is 44.0. The third-order valence-electron chi connectivity index (χ3n) is 21.1. The molecule has 630 valence electrons. The molecule has 0 fully saturated rings. The predicted octanol–water partition coefficient (Wildman–Crippen LogP) is 34.5. The number of benzene rings is 8. The normalized spacial score (nSPS) is 12.2. The summed E-state index contributed by atoms with van der Waals surface area (Å²) in [4.78, 5) is 0.